The molecule has 0 bridgehead atoms. The number of rotatable bonds is 1. The summed E-state index contributed by atoms with van der Waals surface area (Å²) >= 11 is 0. The summed E-state index contributed by atoms with van der Waals surface area (Å²) < 4.78 is 5.91. The molecule has 0 saturated carbocycles. The highest BCUT2D eigenvalue weighted by molar-refractivity contribution is 5.84. The molecular formula is C20H21NO. The standard InChI is InChI=1S/C20H21NO/c1-3-7-18-15(5-1)9-10-16-6-2-4-8-19(16)20(18)13-17-14-21-11-12-22-17/h1-8,13,17,21H,9-12,14H2. The van der Waals surface area contributed by atoms with Gasteiger partial charge in [-0.2, -0.15) is 0 Å². The summed E-state index contributed by atoms with van der Waals surface area (Å²) in [6, 6.07) is 17.6. The minimum absolute atomic E-state index is 0.156. The van der Waals surface area contributed by atoms with Gasteiger partial charge in [0.05, 0.1) is 12.7 Å². The molecule has 0 aromatic heterocycles. The maximum atomic E-state index is 5.91. The van der Waals surface area contributed by atoms with E-state index in [9.17, 15) is 0 Å². The monoisotopic (exact) mass is 291 g/mol. The van der Waals surface area contributed by atoms with Gasteiger partial charge < -0.3 is 10.1 Å². The van der Waals surface area contributed by atoms with Crippen molar-refractivity contribution in [2.45, 2.75) is 18.9 Å². The highest BCUT2D eigenvalue weighted by atomic mass is 16.5. The number of nitrogens with one attached hydrogen (secondary N) is 1. The van der Waals surface area contributed by atoms with E-state index in [2.05, 4.69) is 59.9 Å². The topological polar surface area (TPSA) is 21.3 Å². The van der Waals surface area contributed by atoms with Crippen molar-refractivity contribution in [2.75, 3.05) is 19.7 Å². The molecule has 2 nitrogen and oxygen atoms in total. The van der Waals surface area contributed by atoms with E-state index in [1.54, 1.807) is 0 Å². The van der Waals surface area contributed by atoms with E-state index in [1.807, 2.05) is 0 Å². The summed E-state index contributed by atoms with van der Waals surface area (Å²) in [6.45, 7) is 2.64. The van der Waals surface area contributed by atoms with Gasteiger partial charge in [0.2, 0.25) is 0 Å². The Morgan fingerprint density at radius 1 is 0.909 bits per heavy atom. The van der Waals surface area contributed by atoms with E-state index in [0.29, 0.717) is 0 Å². The number of aryl methyl sites for hydroxylation is 2. The Morgan fingerprint density at radius 2 is 1.55 bits per heavy atom. The van der Waals surface area contributed by atoms with E-state index in [4.69, 9.17) is 4.74 Å². The Morgan fingerprint density at radius 3 is 2.14 bits per heavy atom. The fourth-order valence-electron chi connectivity index (χ4n) is 3.47. The maximum Gasteiger partial charge on any atom is 0.0889 e. The van der Waals surface area contributed by atoms with Crippen LogP contribution in [0.5, 0.6) is 0 Å². The molecular weight excluding hydrogens is 270 g/mol. The van der Waals surface area contributed by atoms with Gasteiger partial charge in [-0.1, -0.05) is 48.5 Å². The van der Waals surface area contributed by atoms with Crippen LogP contribution >= 0.6 is 0 Å². The Kier molecular flexibility index (Phi) is 3.79. The van der Waals surface area contributed by atoms with E-state index < -0.39 is 0 Å². The molecule has 2 heteroatoms. The van der Waals surface area contributed by atoms with E-state index in [-0.39, 0.29) is 6.10 Å². The number of hydrogen-bond donors (Lipinski definition) is 1. The molecule has 0 radical (unpaired) electrons. The number of benzene rings is 2. The SMILES string of the molecule is C(=C1c2ccccc2CCc2ccccc21)C1CNCCO1. The molecule has 1 unspecified atom stereocenters. The van der Waals surface area contributed by atoms with Crippen molar-refractivity contribution in [1.29, 1.82) is 0 Å². The summed E-state index contributed by atoms with van der Waals surface area (Å²) in [5.74, 6) is 0. The minimum Gasteiger partial charge on any atom is -0.371 e. The van der Waals surface area contributed by atoms with Crippen LogP contribution in [0.15, 0.2) is 54.6 Å². The summed E-state index contributed by atoms with van der Waals surface area (Å²) in [5, 5.41) is 3.42. The van der Waals surface area contributed by atoms with Gasteiger partial charge in [0.15, 0.2) is 0 Å². The molecule has 1 aliphatic carbocycles. The van der Waals surface area contributed by atoms with Gasteiger partial charge in [-0.05, 0) is 46.7 Å². The second-order valence-corrected chi connectivity index (χ2v) is 6.01. The van der Waals surface area contributed by atoms with Crippen LogP contribution in [-0.4, -0.2) is 25.8 Å². The first-order valence-corrected chi connectivity index (χ1v) is 8.12. The smallest absolute Gasteiger partial charge is 0.0889 e. The molecule has 1 aliphatic heterocycles. The zero-order chi connectivity index (χ0) is 14.8. The molecule has 1 atom stereocenters. The van der Waals surface area contributed by atoms with E-state index in [0.717, 1.165) is 32.5 Å². The third-order valence-electron chi connectivity index (χ3n) is 4.59. The maximum absolute atomic E-state index is 5.91. The Balaban J connectivity index is 1.85. The van der Waals surface area contributed by atoms with Gasteiger partial charge in [0, 0.05) is 13.1 Å². The molecule has 0 spiro atoms. The number of morpholine rings is 1. The third kappa shape index (κ3) is 2.60. The Labute approximate surface area is 131 Å². The Hall–Kier alpha value is -1.90. The number of ether oxygens (including phenoxy) is 1. The van der Waals surface area contributed by atoms with E-state index >= 15 is 0 Å². The highest BCUT2D eigenvalue weighted by Gasteiger charge is 2.20. The molecule has 1 fully saturated rings. The number of fused-ring (bicyclic) bond motifs is 2. The van der Waals surface area contributed by atoms with E-state index in [1.165, 1.54) is 27.8 Å². The summed E-state index contributed by atoms with van der Waals surface area (Å²) in [4.78, 5) is 0. The first-order chi connectivity index (χ1) is 10.9. The normalized spacial score (nSPS) is 20.7. The van der Waals surface area contributed by atoms with Gasteiger partial charge in [0.25, 0.3) is 0 Å². The molecule has 2 aromatic rings. The second-order valence-electron chi connectivity index (χ2n) is 6.01. The van der Waals surface area contributed by atoms with Crippen molar-refractivity contribution < 1.29 is 4.74 Å². The van der Waals surface area contributed by atoms with Crippen molar-refractivity contribution >= 4 is 5.57 Å². The molecule has 1 saturated heterocycles. The first kappa shape index (κ1) is 13.7. The minimum atomic E-state index is 0.156. The highest BCUT2D eigenvalue weighted by Crippen LogP contribution is 2.33. The van der Waals surface area contributed by atoms with Crippen LogP contribution < -0.4 is 5.32 Å². The summed E-state index contributed by atoms with van der Waals surface area (Å²) in [5.41, 5.74) is 6.93. The lowest BCUT2D eigenvalue weighted by Gasteiger charge is -2.23. The van der Waals surface area contributed by atoms with Crippen molar-refractivity contribution in [3.05, 3.63) is 76.9 Å². The third-order valence-corrected chi connectivity index (χ3v) is 4.59. The van der Waals surface area contributed by atoms with Crippen LogP contribution in [0.3, 0.4) is 0 Å². The first-order valence-electron chi connectivity index (χ1n) is 8.12. The second kappa shape index (κ2) is 6.07. The average Bonchev–Trinajstić information content (AvgIpc) is 2.74. The molecule has 1 N–H and O–H groups in total. The molecule has 4 rings (SSSR count). The summed E-state index contributed by atoms with van der Waals surface area (Å²) in [6.07, 6.45) is 4.68. The van der Waals surface area contributed by atoms with Crippen molar-refractivity contribution in [1.82, 2.24) is 5.32 Å². The van der Waals surface area contributed by atoms with Gasteiger partial charge in [-0.3, -0.25) is 0 Å². The van der Waals surface area contributed by atoms with Gasteiger partial charge >= 0.3 is 0 Å². The molecule has 112 valence electrons. The fraction of sp³-hybridized carbons (Fsp3) is 0.300. The van der Waals surface area contributed by atoms with Crippen molar-refractivity contribution in [2.24, 2.45) is 0 Å². The zero-order valence-electron chi connectivity index (χ0n) is 12.7. The van der Waals surface area contributed by atoms with Crippen molar-refractivity contribution in [3.8, 4) is 0 Å². The van der Waals surface area contributed by atoms with Crippen LogP contribution in [0.1, 0.15) is 22.3 Å². The predicted molar refractivity (Wildman–Crippen MR) is 90.0 cm³/mol. The quantitative estimate of drug-likeness (QED) is 0.871. The number of hydrogen-bond acceptors (Lipinski definition) is 2. The van der Waals surface area contributed by atoms with Gasteiger partial charge in [-0.15, -0.1) is 0 Å². The molecule has 2 aromatic carbocycles. The lowest BCUT2D eigenvalue weighted by molar-refractivity contribution is 0.0595. The summed E-state index contributed by atoms with van der Waals surface area (Å²) in [7, 11) is 0. The largest absolute Gasteiger partial charge is 0.371 e. The predicted octanol–water partition coefficient (Wildman–Crippen LogP) is 3.21. The molecule has 22 heavy (non-hydrogen) atoms. The van der Waals surface area contributed by atoms with Crippen LogP contribution in [0, 0.1) is 0 Å². The van der Waals surface area contributed by atoms with Crippen molar-refractivity contribution in [3.63, 3.8) is 0 Å². The molecule has 0 amide bonds. The van der Waals surface area contributed by atoms with Crippen LogP contribution in [-0.2, 0) is 17.6 Å². The lowest BCUT2D eigenvalue weighted by atomic mass is 9.92. The van der Waals surface area contributed by atoms with Crippen LogP contribution in [0.25, 0.3) is 5.57 Å². The van der Waals surface area contributed by atoms with Crippen LogP contribution in [0.4, 0.5) is 0 Å². The fourth-order valence-corrected chi connectivity index (χ4v) is 3.47. The van der Waals surface area contributed by atoms with Crippen LogP contribution in [0.2, 0.25) is 0 Å². The van der Waals surface area contributed by atoms with Gasteiger partial charge in [0.1, 0.15) is 0 Å². The molecule has 2 aliphatic rings. The molecule has 1 heterocycles. The lowest BCUT2D eigenvalue weighted by Crippen LogP contribution is -2.37. The van der Waals surface area contributed by atoms with Gasteiger partial charge in [-0.25, -0.2) is 0 Å². The average molecular weight is 291 g/mol. The Bertz CT molecular complexity index is 649. The zero-order valence-corrected chi connectivity index (χ0v) is 12.7.